The molecule has 0 aliphatic carbocycles. The van der Waals surface area contributed by atoms with Crippen LogP contribution in [0.5, 0.6) is 0 Å². The summed E-state index contributed by atoms with van der Waals surface area (Å²) in [7, 11) is 1.11. The van der Waals surface area contributed by atoms with Crippen LogP contribution in [0.4, 0.5) is 11.5 Å². The Morgan fingerprint density at radius 3 is 2.79 bits per heavy atom. The largest absolute Gasteiger partial charge is 0.464 e. The van der Waals surface area contributed by atoms with Gasteiger partial charge >= 0.3 is 11.7 Å². The molecule has 0 amide bonds. The van der Waals surface area contributed by atoms with Crippen molar-refractivity contribution in [3.63, 3.8) is 0 Å². The zero-order valence-corrected chi connectivity index (χ0v) is 7.26. The number of hydrogen-bond acceptors (Lipinski definition) is 6. The molecule has 0 aliphatic rings. The molecule has 14 heavy (non-hydrogen) atoms. The lowest BCUT2D eigenvalue weighted by molar-refractivity contribution is -0.385. The molecule has 0 aromatic carbocycles. The molecule has 0 unspecified atom stereocenters. The number of pyridine rings is 1. The number of ether oxygens (including phenoxy) is 1. The molecule has 7 heteroatoms. The smallest absolute Gasteiger partial charge is 0.363 e. The van der Waals surface area contributed by atoms with Crippen molar-refractivity contribution in [2.75, 3.05) is 12.8 Å². The Hall–Kier alpha value is -2.18. The van der Waals surface area contributed by atoms with Gasteiger partial charge in [-0.05, 0) is 6.07 Å². The summed E-state index contributed by atoms with van der Waals surface area (Å²) in [4.78, 5) is 24.3. The molecule has 0 bridgehead atoms. The number of rotatable bonds is 2. The van der Waals surface area contributed by atoms with Crippen LogP contribution in [-0.4, -0.2) is 23.0 Å². The van der Waals surface area contributed by atoms with Gasteiger partial charge in [-0.1, -0.05) is 0 Å². The Labute approximate surface area is 78.6 Å². The second-order valence-corrected chi connectivity index (χ2v) is 2.35. The van der Waals surface area contributed by atoms with E-state index >= 15 is 0 Å². The molecule has 74 valence electrons. The molecule has 0 aliphatic heterocycles. The molecular weight excluding hydrogens is 190 g/mol. The Morgan fingerprint density at radius 1 is 1.64 bits per heavy atom. The minimum absolute atomic E-state index is 0.0241. The van der Waals surface area contributed by atoms with Crippen LogP contribution in [0, 0.1) is 10.1 Å². The summed E-state index contributed by atoms with van der Waals surface area (Å²) < 4.78 is 4.32. The highest BCUT2D eigenvalue weighted by molar-refractivity contribution is 5.92. The number of carbonyl (C=O) groups is 1. The lowest BCUT2D eigenvalue weighted by Crippen LogP contribution is -2.09. The van der Waals surface area contributed by atoms with Gasteiger partial charge in [0.1, 0.15) is 5.82 Å². The fourth-order valence-corrected chi connectivity index (χ4v) is 0.861. The fraction of sp³-hybridized carbons (Fsp3) is 0.143. The van der Waals surface area contributed by atoms with Gasteiger partial charge in [0.05, 0.1) is 12.0 Å². The number of nitrogens with two attached hydrogens (primary N) is 1. The maximum atomic E-state index is 11.0. The molecule has 1 aromatic heterocycles. The summed E-state index contributed by atoms with van der Waals surface area (Å²) in [6.07, 6.45) is 0. The summed E-state index contributed by atoms with van der Waals surface area (Å²) in [5.41, 5.74) is 4.46. The summed E-state index contributed by atoms with van der Waals surface area (Å²) in [5.74, 6) is -0.861. The number of esters is 1. The second kappa shape index (κ2) is 3.69. The Bertz CT molecular complexity index is 391. The van der Waals surface area contributed by atoms with Crippen molar-refractivity contribution >= 4 is 17.5 Å². The number of nitrogens with zero attached hydrogens (tertiary/aromatic N) is 2. The van der Waals surface area contributed by atoms with E-state index in [1.165, 1.54) is 6.07 Å². The average molecular weight is 197 g/mol. The SMILES string of the molecule is COC(=O)c1nc(N)ccc1[N+](=O)[O-]. The maximum Gasteiger partial charge on any atom is 0.363 e. The predicted octanol–water partition coefficient (Wildman–Crippen LogP) is 0.359. The topological polar surface area (TPSA) is 108 Å². The van der Waals surface area contributed by atoms with Crippen LogP contribution in [0.3, 0.4) is 0 Å². The number of hydrogen-bond donors (Lipinski definition) is 1. The molecule has 1 rings (SSSR count). The molecule has 1 aromatic rings. The normalized spacial score (nSPS) is 9.50. The summed E-state index contributed by atoms with van der Waals surface area (Å²) >= 11 is 0. The van der Waals surface area contributed by atoms with E-state index in [0.717, 1.165) is 13.2 Å². The summed E-state index contributed by atoms with van der Waals surface area (Å²) in [6, 6.07) is 2.35. The van der Waals surface area contributed by atoms with E-state index in [0.29, 0.717) is 0 Å². The van der Waals surface area contributed by atoms with Crippen molar-refractivity contribution < 1.29 is 14.5 Å². The van der Waals surface area contributed by atoms with Gasteiger partial charge in [-0.2, -0.15) is 0 Å². The van der Waals surface area contributed by atoms with E-state index in [2.05, 4.69) is 9.72 Å². The number of carbonyl (C=O) groups excluding carboxylic acids is 1. The quantitative estimate of drug-likeness (QED) is 0.416. The molecular formula is C7H7N3O4. The zero-order valence-electron chi connectivity index (χ0n) is 7.26. The number of nitro groups is 1. The van der Waals surface area contributed by atoms with E-state index < -0.39 is 22.3 Å². The van der Waals surface area contributed by atoms with Crippen LogP contribution in [0.15, 0.2) is 12.1 Å². The Morgan fingerprint density at radius 2 is 2.29 bits per heavy atom. The molecule has 0 fully saturated rings. The highest BCUT2D eigenvalue weighted by Gasteiger charge is 2.22. The van der Waals surface area contributed by atoms with E-state index in [1.54, 1.807) is 0 Å². The first-order valence-electron chi connectivity index (χ1n) is 3.55. The van der Waals surface area contributed by atoms with E-state index in [1.807, 2.05) is 0 Å². The van der Waals surface area contributed by atoms with Crippen LogP contribution in [0.25, 0.3) is 0 Å². The van der Waals surface area contributed by atoms with Crippen molar-refractivity contribution in [1.29, 1.82) is 0 Å². The van der Waals surface area contributed by atoms with Gasteiger partial charge in [0, 0.05) is 6.07 Å². The van der Waals surface area contributed by atoms with Gasteiger partial charge in [-0.3, -0.25) is 10.1 Å². The number of aromatic nitrogens is 1. The van der Waals surface area contributed by atoms with Crippen molar-refractivity contribution in [3.05, 3.63) is 27.9 Å². The lowest BCUT2D eigenvalue weighted by Gasteiger charge is -2.00. The molecule has 0 saturated heterocycles. The second-order valence-electron chi connectivity index (χ2n) is 2.35. The van der Waals surface area contributed by atoms with Crippen molar-refractivity contribution in [2.24, 2.45) is 0 Å². The van der Waals surface area contributed by atoms with E-state index in [9.17, 15) is 14.9 Å². The first-order valence-corrected chi connectivity index (χ1v) is 3.55. The third kappa shape index (κ3) is 1.76. The average Bonchev–Trinajstić information content (AvgIpc) is 2.16. The first-order chi connectivity index (χ1) is 6.56. The van der Waals surface area contributed by atoms with Crippen LogP contribution in [0.2, 0.25) is 0 Å². The van der Waals surface area contributed by atoms with Gasteiger partial charge in [0.25, 0.3) is 0 Å². The van der Waals surface area contributed by atoms with Crippen LogP contribution in [-0.2, 0) is 4.74 Å². The van der Waals surface area contributed by atoms with E-state index in [-0.39, 0.29) is 5.82 Å². The monoisotopic (exact) mass is 197 g/mol. The number of nitrogen functional groups attached to an aromatic ring is 1. The van der Waals surface area contributed by atoms with Crippen LogP contribution in [0.1, 0.15) is 10.5 Å². The zero-order chi connectivity index (χ0) is 10.7. The van der Waals surface area contributed by atoms with Gasteiger partial charge in [-0.25, -0.2) is 9.78 Å². The molecule has 7 nitrogen and oxygen atoms in total. The predicted molar refractivity (Wildman–Crippen MR) is 46.6 cm³/mol. The minimum atomic E-state index is -0.885. The Kier molecular flexibility index (Phi) is 2.61. The summed E-state index contributed by atoms with van der Waals surface area (Å²) in [5, 5.41) is 10.5. The minimum Gasteiger partial charge on any atom is -0.464 e. The number of anilines is 1. The molecule has 0 radical (unpaired) electrons. The Balaban J connectivity index is 3.29. The lowest BCUT2D eigenvalue weighted by atomic mass is 10.3. The summed E-state index contributed by atoms with van der Waals surface area (Å²) in [6.45, 7) is 0. The van der Waals surface area contributed by atoms with Gasteiger partial charge < -0.3 is 10.5 Å². The van der Waals surface area contributed by atoms with Gasteiger partial charge in [0.15, 0.2) is 0 Å². The van der Waals surface area contributed by atoms with Crippen molar-refractivity contribution in [1.82, 2.24) is 4.98 Å². The third-order valence-electron chi connectivity index (χ3n) is 1.47. The molecule has 0 saturated carbocycles. The first kappa shape index (κ1) is 9.90. The van der Waals surface area contributed by atoms with Crippen LogP contribution < -0.4 is 5.73 Å². The molecule has 1 heterocycles. The molecule has 0 spiro atoms. The fourth-order valence-electron chi connectivity index (χ4n) is 0.861. The third-order valence-corrected chi connectivity index (χ3v) is 1.47. The van der Waals surface area contributed by atoms with Crippen LogP contribution >= 0.6 is 0 Å². The molecule has 0 atom stereocenters. The number of methoxy groups -OCH3 is 1. The highest BCUT2D eigenvalue weighted by Crippen LogP contribution is 2.18. The highest BCUT2D eigenvalue weighted by atomic mass is 16.6. The van der Waals surface area contributed by atoms with Gasteiger partial charge in [0.2, 0.25) is 5.69 Å². The maximum absolute atomic E-state index is 11.0. The van der Waals surface area contributed by atoms with E-state index in [4.69, 9.17) is 5.73 Å². The van der Waals surface area contributed by atoms with Crippen molar-refractivity contribution in [3.8, 4) is 0 Å². The molecule has 2 N–H and O–H groups in total. The van der Waals surface area contributed by atoms with Crippen molar-refractivity contribution in [2.45, 2.75) is 0 Å². The van der Waals surface area contributed by atoms with Gasteiger partial charge in [-0.15, -0.1) is 0 Å². The standard InChI is InChI=1S/C7H7N3O4/c1-14-7(11)6-4(10(12)13)2-3-5(8)9-6/h2-3H,1H3,(H2,8,9).